The second-order valence-electron chi connectivity index (χ2n) is 3.88. The average Bonchev–Trinajstić information content (AvgIpc) is 2.63. The number of aliphatic hydroxyl groups is 1. The lowest BCUT2D eigenvalue weighted by molar-refractivity contribution is 0.0277. The number of carbonyl (C=O) groups is 1. The van der Waals surface area contributed by atoms with Crippen molar-refractivity contribution in [1.29, 1.82) is 0 Å². The molecule has 2 aliphatic rings. The zero-order valence-corrected chi connectivity index (χ0v) is 7.27. The third kappa shape index (κ3) is 1.50. The number of aliphatic hydroxyl groups excluding tert-OH is 1. The van der Waals surface area contributed by atoms with Crippen LogP contribution in [0.4, 0.5) is 4.79 Å². The monoisotopic (exact) mass is 183 g/mol. The summed E-state index contributed by atoms with van der Waals surface area (Å²) in [6.45, 7) is 0. The van der Waals surface area contributed by atoms with Gasteiger partial charge in [-0.2, -0.15) is 0 Å². The minimum atomic E-state index is -0.577. The molecule has 0 spiro atoms. The van der Waals surface area contributed by atoms with Crippen LogP contribution in [0.15, 0.2) is 0 Å². The second kappa shape index (κ2) is 3.18. The summed E-state index contributed by atoms with van der Waals surface area (Å²) < 4.78 is 5.06. The highest BCUT2D eigenvalue weighted by atomic mass is 16.6. The average molecular weight is 183 g/mol. The summed E-state index contributed by atoms with van der Waals surface area (Å²) >= 11 is 0. The first-order valence-corrected chi connectivity index (χ1v) is 4.56. The van der Waals surface area contributed by atoms with E-state index in [9.17, 15) is 9.90 Å². The van der Waals surface area contributed by atoms with Crippen LogP contribution in [-0.4, -0.2) is 23.4 Å². The summed E-state index contributed by atoms with van der Waals surface area (Å²) in [5.74, 6) is 0.651. The highest BCUT2D eigenvalue weighted by Gasteiger charge is 2.46. The number of alkyl carbamates (subject to hydrolysis) is 1. The normalized spacial score (nSPS) is 42.0. The van der Waals surface area contributed by atoms with Gasteiger partial charge in [-0.25, -0.2) is 4.79 Å². The van der Waals surface area contributed by atoms with Gasteiger partial charge in [-0.05, 0) is 31.1 Å². The molecule has 2 saturated carbocycles. The molecule has 2 bridgehead atoms. The van der Waals surface area contributed by atoms with Crippen molar-refractivity contribution in [3.05, 3.63) is 7.05 Å². The van der Waals surface area contributed by atoms with Crippen molar-refractivity contribution < 1.29 is 14.6 Å². The van der Waals surface area contributed by atoms with E-state index in [4.69, 9.17) is 11.8 Å². The third-order valence-electron chi connectivity index (χ3n) is 3.13. The van der Waals surface area contributed by atoms with Crippen LogP contribution in [-0.2, 0) is 4.74 Å². The molecule has 4 atom stereocenters. The predicted octanol–water partition coefficient (Wildman–Crippen LogP) is 0.541. The third-order valence-corrected chi connectivity index (χ3v) is 3.13. The van der Waals surface area contributed by atoms with Crippen molar-refractivity contribution in [1.82, 2.24) is 5.32 Å². The lowest BCUT2D eigenvalue weighted by Gasteiger charge is -2.24. The van der Waals surface area contributed by atoms with Gasteiger partial charge in [0.15, 0.2) is 0 Å². The summed E-state index contributed by atoms with van der Waals surface area (Å²) in [5.41, 5.74) is 0. The van der Waals surface area contributed by atoms with Crippen LogP contribution in [0.3, 0.4) is 0 Å². The molecule has 1 amide bonds. The van der Waals surface area contributed by atoms with Gasteiger partial charge in [0.2, 0.25) is 0 Å². The van der Waals surface area contributed by atoms with Crippen molar-refractivity contribution in [2.45, 2.75) is 31.5 Å². The maximum absolute atomic E-state index is 10.8. The molecule has 2 aliphatic carbocycles. The van der Waals surface area contributed by atoms with Gasteiger partial charge < -0.3 is 15.2 Å². The maximum Gasteiger partial charge on any atom is 0.407 e. The van der Waals surface area contributed by atoms with Crippen molar-refractivity contribution in [2.24, 2.45) is 11.8 Å². The van der Waals surface area contributed by atoms with Crippen LogP contribution in [0.25, 0.3) is 0 Å². The summed E-state index contributed by atoms with van der Waals surface area (Å²) in [7, 11) is 4.90. The lowest BCUT2D eigenvalue weighted by Crippen LogP contribution is -2.32. The topological polar surface area (TPSA) is 58.6 Å². The standard InChI is InChI=1S/C9H13NO3/c1-10-9(12)13-8-4-5-2-6(8)3-7(5)11/h1,5-8,11H,2-4H2,(H,10,12). The first kappa shape index (κ1) is 8.81. The Bertz CT molecular complexity index is 217. The van der Waals surface area contributed by atoms with Crippen LogP contribution in [0, 0.1) is 18.9 Å². The molecular formula is C9H13NO3. The second-order valence-corrected chi connectivity index (χ2v) is 3.88. The molecule has 0 aromatic rings. The van der Waals surface area contributed by atoms with Crippen LogP contribution in [0.5, 0.6) is 0 Å². The first-order chi connectivity index (χ1) is 6.20. The van der Waals surface area contributed by atoms with Crippen LogP contribution >= 0.6 is 0 Å². The number of fused-ring (bicyclic) bond motifs is 2. The fourth-order valence-corrected chi connectivity index (χ4v) is 2.51. The first-order valence-electron chi connectivity index (χ1n) is 4.56. The number of rotatable bonds is 1. The summed E-state index contributed by atoms with van der Waals surface area (Å²) in [6.07, 6.45) is 1.70. The van der Waals surface area contributed by atoms with Crippen LogP contribution < -0.4 is 5.32 Å². The van der Waals surface area contributed by atoms with Gasteiger partial charge in [0, 0.05) is 0 Å². The Morgan fingerprint density at radius 1 is 1.38 bits per heavy atom. The number of nitrogens with one attached hydrogen (secondary N) is 1. The maximum atomic E-state index is 10.8. The molecule has 0 saturated heterocycles. The Morgan fingerprint density at radius 2 is 2.15 bits per heavy atom. The van der Waals surface area contributed by atoms with E-state index in [2.05, 4.69) is 0 Å². The summed E-state index contributed by atoms with van der Waals surface area (Å²) in [4.78, 5) is 10.8. The van der Waals surface area contributed by atoms with Crippen LogP contribution in [0.1, 0.15) is 19.3 Å². The Labute approximate surface area is 77.3 Å². The van der Waals surface area contributed by atoms with Gasteiger partial charge in [-0.3, -0.25) is 0 Å². The summed E-state index contributed by atoms with van der Waals surface area (Å²) in [5, 5.41) is 11.4. The molecule has 0 heterocycles. The Balaban J connectivity index is 1.88. The number of hydrogen-bond donors (Lipinski definition) is 2. The molecule has 72 valence electrons. The molecule has 13 heavy (non-hydrogen) atoms. The highest BCUT2D eigenvalue weighted by molar-refractivity contribution is 5.67. The van der Waals surface area contributed by atoms with Gasteiger partial charge >= 0.3 is 6.09 Å². The number of amides is 1. The molecular weight excluding hydrogens is 170 g/mol. The minimum absolute atomic E-state index is 0.0445. The number of carbonyl (C=O) groups excluding carboxylic acids is 1. The molecule has 4 heteroatoms. The van der Waals surface area contributed by atoms with E-state index in [0.29, 0.717) is 11.8 Å². The smallest absolute Gasteiger partial charge is 0.407 e. The Morgan fingerprint density at radius 3 is 2.62 bits per heavy atom. The molecule has 4 nitrogen and oxygen atoms in total. The van der Waals surface area contributed by atoms with Crippen molar-refractivity contribution in [3.63, 3.8) is 0 Å². The zero-order chi connectivity index (χ0) is 9.42. The van der Waals surface area contributed by atoms with E-state index in [0.717, 1.165) is 19.3 Å². The quantitative estimate of drug-likeness (QED) is 0.583. The molecule has 0 aliphatic heterocycles. The van der Waals surface area contributed by atoms with Crippen molar-refractivity contribution in [2.75, 3.05) is 0 Å². The van der Waals surface area contributed by atoms with Gasteiger partial charge in [-0.1, -0.05) is 0 Å². The number of hydrogen-bond acceptors (Lipinski definition) is 3. The molecule has 2 radical (unpaired) electrons. The molecule has 4 unspecified atom stereocenters. The SMILES string of the molecule is [CH]NC(=O)OC1CC2CC1CC2O. The van der Waals surface area contributed by atoms with E-state index in [1.807, 2.05) is 5.32 Å². The van der Waals surface area contributed by atoms with E-state index in [1.54, 1.807) is 0 Å². The van der Waals surface area contributed by atoms with Gasteiger partial charge in [0.1, 0.15) is 6.10 Å². The van der Waals surface area contributed by atoms with E-state index < -0.39 is 6.09 Å². The molecule has 0 aromatic carbocycles. The molecule has 2 N–H and O–H groups in total. The largest absolute Gasteiger partial charge is 0.446 e. The van der Waals surface area contributed by atoms with E-state index in [1.165, 1.54) is 0 Å². The van der Waals surface area contributed by atoms with Gasteiger partial charge in [-0.15, -0.1) is 0 Å². The molecule has 0 aromatic heterocycles. The fraction of sp³-hybridized carbons (Fsp3) is 0.778. The Hall–Kier alpha value is -0.770. The van der Waals surface area contributed by atoms with E-state index >= 15 is 0 Å². The van der Waals surface area contributed by atoms with Gasteiger partial charge in [0.25, 0.3) is 0 Å². The molecule has 2 rings (SSSR count). The van der Waals surface area contributed by atoms with Crippen molar-refractivity contribution >= 4 is 6.09 Å². The fourth-order valence-electron chi connectivity index (χ4n) is 2.51. The highest BCUT2D eigenvalue weighted by Crippen LogP contribution is 2.45. The van der Waals surface area contributed by atoms with Crippen molar-refractivity contribution in [3.8, 4) is 0 Å². The minimum Gasteiger partial charge on any atom is -0.446 e. The Kier molecular flexibility index (Phi) is 2.15. The predicted molar refractivity (Wildman–Crippen MR) is 44.5 cm³/mol. The number of ether oxygens (including phenoxy) is 1. The van der Waals surface area contributed by atoms with Gasteiger partial charge in [0.05, 0.1) is 13.2 Å². The molecule has 2 fully saturated rings. The zero-order valence-electron chi connectivity index (χ0n) is 7.27. The summed E-state index contributed by atoms with van der Waals surface area (Å²) in [6, 6.07) is 0. The lowest BCUT2D eigenvalue weighted by atomic mass is 9.95. The van der Waals surface area contributed by atoms with Crippen LogP contribution in [0.2, 0.25) is 0 Å². The van der Waals surface area contributed by atoms with E-state index in [-0.39, 0.29) is 12.2 Å².